The van der Waals surface area contributed by atoms with Gasteiger partial charge < -0.3 is 19.9 Å². The number of carboxylic acids is 1. The van der Waals surface area contributed by atoms with Crippen molar-refractivity contribution in [2.45, 2.75) is 0 Å². The minimum atomic E-state index is -1.05. The third-order valence-electron chi connectivity index (χ3n) is 3.40. The first-order valence-electron chi connectivity index (χ1n) is 7.38. The summed E-state index contributed by atoms with van der Waals surface area (Å²) in [6.07, 6.45) is 0. The molecule has 0 aromatic heterocycles. The number of amides is 1. The second-order valence-electron chi connectivity index (χ2n) is 5.15. The zero-order valence-electron chi connectivity index (χ0n) is 12.9. The van der Waals surface area contributed by atoms with E-state index in [0.717, 1.165) is 0 Å². The van der Waals surface area contributed by atoms with Crippen LogP contribution in [-0.2, 0) is 0 Å². The van der Waals surface area contributed by atoms with Gasteiger partial charge in [0.15, 0.2) is 16.6 Å². The van der Waals surface area contributed by atoms with Crippen LogP contribution in [0.25, 0.3) is 0 Å². The Hall–Kier alpha value is -3.13. The molecule has 3 rings (SSSR count). The average molecular weight is 358 g/mol. The smallest absolute Gasteiger partial charge is 0.335 e. The van der Waals surface area contributed by atoms with Crippen LogP contribution in [-0.4, -0.2) is 35.3 Å². The Labute approximate surface area is 148 Å². The van der Waals surface area contributed by atoms with Crippen molar-refractivity contribution in [3.63, 3.8) is 0 Å². The van der Waals surface area contributed by atoms with E-state index in [1.165, 1.54) is 12.1 Å². The number of anilines is 1. The van der Waals surface area contributed by atoms with Crippen LogP contribution in [0.4, 0.5) is 5.69 Å². The van der Waals surface area contributed by atoms with Gasteiger partial charge in [0.1, 0.15) is 13.2 Å². The molecule has 8 heteroatoms. The zero-order chi connectivity index (χ0) is 17.8. The Kier molecular flexibility index (Phi) is 4.80. The van der Waals surface area contributed by atoms with Crippen LogP contribution >= 0.6 is 12.2 Å². The number of carbonyl (C=O) groups is 2. The number of thiocarbonyl (C=S) groups is 1. The largest absolute Gasteiger partial charge is 0.486 e. The topological polar surface area (TPSA) is 96.9 Å². The van der Waals surface area contributed by atoms with Gasteiger partial charge >= 0.3 is 5.97 Å². The molecule has 0 saturated heterocycles. The first-order valence-corrected chi connectivity index (χ1v) is 7.79. The number of rotatable bonds is 3. The van der Waals surface area contributed by atoms with E-state index in [2.05, 4.69) is 10.6 Å². The van der Waals surface area contributed by atoms with Crippen LogP contribution < -0.4 is 20.1 Å². The van der Waals surface area contributed by atoms with E-state index < -0.39 is 11.9 Å². The number of benzene rings is 2. The van der Waals surface area contributed by atoms with Gasteiger partial charge in [-0.1, -0.05) is 6.07 Å². The predicted molar refractivity (Wildman–Crippen MR) is 94.5 cm³/mol. The van der Waals surface area contributed by atoms with Crippen LogP contribution in [0.1, 0.15) is 20.7 Å². The molecule has 7 nitrogen and oxygen atoms in total. The molecule has 2 aromatic rings. The standard InChI is InChI=1S/C17H14N2O5S/c20-15(10-4-5-13-14(9-10)24-7-6-23-13)19-17(25)18-12-3-1-2-11(8-12)16(21)22/h1-5,8-9H,6-7H2,(H,21,22)(H2,18,19,20,25). The maximum Gasteiger partial charge on any atom is 0.335 e. The first kappa shape index (κ1) is 16.7. The molecule has 0 unspecified atom stereocenters. The first-order chi connectivity index (χ1) is 12.0. The molecule has 2 aromatic carbocycles. The van der Waals surface area contributed by atoms with E-state index in [1.54, 1.807) is 30.3 Å². The molecule has 0 spiro atoms. The molecular weight excluding hydrogens is 344 g/mol. The number of carbonyl (C=O) groups excluding carboxylic acids is 1. The highest BCUT2D eigenvalue weighted by atomic mass is 32.1. The van der Waals surface area contributed by atoms with E-state index in [-0.39, 0.29) is 10.7 Å². The second kappa shape index (κ2) is 7.18. The number of carboxylic acid groups (broad SMARTS) is 1. The van der Waals surface area contributed by atoms with Gasteiger partial charge in [-0.2, -0.15) is 0 Å². The molecule has 0 fully saturated rings. The number of fused-ring (bicyclic) bond motifs is 1. The Morgan fingerprint density at radius 2 is 1.76 bits per heavy atom. The summed E-state index contributed by atoms with van der Waals surface area (Å²) in [4.78, 5) is 23.2. The summed E-state index contributed by atoms with van der Waals surface area (Å²) in [5, 5.41) is 14.4. The van der Waals surface area contributed by atoms with Crippen molar-refractivity contribution >= 4 is 34.9 Å². The second-order valence-corrected chi connectivity index (χ2v) is 5.56. The molecule has 0 radical (unpaired) electrons. The Morgan fingerprint density at radius 3 is 2.52 bits per heavy atom. The van der Waals surface area contributed by atoms with Gasteiger partial charge in [0.25, 0.3) is 5.91 Å². The fourth-order valence-corrected chi connectivity index (χ4v) is 2.46. The van der Waals surface area contributed by atoms with Crippen molar-refractivity contribution < 1.29 is 24.2 Å². The molecule has 25 heavy (non-hydrogen) atoms. The fourth-order valence-electron chi connectivity index (χ4n) is 2.25. The van der Waals surface area contributed by atoms with Crippen LogP contribution in [0, 0.1) is 0 Å². The molecule has 0 atom stereocenters. The highest BCUT2D eigenvalue weighted by Gasteiger charge is 2.15. The summed E-state index contributed by atoms with van der Waals surface area (Å²) < 4.78 is 10.8. The highest BCUT2D eigenvalue weighted by Crippen LogP contribution is 2.30. The third-order valence-corrected chi connectivity index (χ3v) is 3.60. The number of nitrogens with one attached hydrogen (secondary N) is 2. The van der Waals surface area contributed by atoms with Crippen LogP contribution in [0.15, 0.2) is 42.5 Å². The quantitative estimate of drug-likeness (QED) is 0.724. The predicted octanol–water partition coefficient (Wildman–Crippen LogP) is 2.28. The molecule has 1 amide bonds. The van der Waals surface area contributed by atoms with Crippen molar-refractivity contribution in [1.29, 1.82) is 0 Å². The van der Waals surface area contributed by atoms with Crippen LogP contribution in [0.3, 0.4) is 0 Å². The van der Waals surface area contributed by atoms with E-state index in [4.69, 9.17) is 26.8 Å². The Bertz CT molecular complexity index is 853. The van der Waals surface area contributed by atoms with Crippen molar-refractivity contribution in [3.05, 3.63) is 53.6 Å². The summed E-state index contributed by atoms with van der Waals surface area (Å²) in [5.74, 6) is -0.361. The molecule has 128 valence electrons. The van der Waals surface area contributed by atoms with Gasteiger partial charge in [-0.15, -0.1) is 0 Å². The monoisotopic (exact) mass is 358 g/mol. The van der Waals surface area contributed by atoms with Crippen molar-refractivity contribution in [3.8, 4) is 11.5 Å². The minimum absolute atomic E-state index is 0.0578. The lowest BCUT2D eigenvalue weighted by atomic mass is 10.2. The zero-order valence-corrected chi connectivity index (χ0v) is 13.8. The van der Waals surface area contributed by atoms with Crippen molar-refractivity contribution in [1.82, 2.24) is 5.32 Å². The van der Waals surface area contributed by atoms with E-state index in [1.807, 2.05) is 0 Å². The highest BCUT2D eigenvalue weighted by molar-refractivity contribution is 7.80. The van der Waals surface area contributed by atoms with E-state index in [9.17, 15) is 9.59 Å². The van der Waals surface area contributed by atoms with Gasteiger partial charge in [-0.25, -0.2) is 4.79 Å². The lowest BCUT2D eigenvalue weighted by Gasteiger charge is -2.18. The number of hydrogen-bond donors (Lipinski definition) is 3. The number of hydrogen-bond acceptors (Lipinski definition) is 5. The third kappa shape index (κ3) is 4.04. The maximum absolute atomic E-state index is 12.3. The fraction of sp³-hybridized carbons (Fsp3) is 0.118. The lowest BCUT2D eigenvalue weighted by molar-refractivity contribution is 0.0696. The molecule has 3 N–H and O–H groups in total. The molecule has 0 aliphatic carbocycles. The van der Waals surface area contributed by atoms with Gasteiger partial charge in [0.2, 0.25) is 0 Å². The summed E-state index contributed by atoms with van der Waals surface area (Å²) >= 11 is 5.10. The van der Waals surface area contributed by atoms with E-state index in [0.29, 0.717) is 36.0 Å². The Balaban J connectivity index is 1.65. The lowest BCUT2D eigenvalue weighted by Crippen LogP contribution is -2.34. The number of aromatic carboxylic acids is 1. The van der Waals surface area contributed by atoms with Gasteiger partial charge in [-0.05, 0) is 48.6 Å². The molecule has 1 aliphatic heterocycles. The summed E-state index contributed by atoms with van der Waals surface area (Å²) in [6, 6.07) is 11.0. The minimum Gasteiger partial charge on any atom is -0.486 e. The molecular formula is C17H14N2O5S. The maximum atomic E-state index is 12.3. The van der Waals surface area contributed by atoms with Gasteiger partial charge in [0, 0.05) is 11.3 Å². The normalized spacial score (nSPS) is 12.2. The van der Waals surface area contributed by atoms with Crippen LogP contribution in [0.5, 0.6) is 11.5 Å². The van der Waals surface area contributed by atoms with Crippen LogP contribution in [0.2, 0.25) is 0 Å². The summed E-state index contributed by atoms with van der Waals surface area (Å²) in [6.45, 7) is 0.903. The van der Waals surface area contributed by atoms with Gasteiger partial charge in [-0.3, -0.25) is 10.1 Å². The molecule has 1 aliphatic rings. The molecule has 0 bridgehead atoms. The Morgan fingerprint density at radius 1 is 1.00 bits per heavy atom. The molecule has 0 saturated carbocycles. The summed E-state index contributed by atoms with van der Waals surface area (Å²) in [5.41, 5.74) is 0.950. The van der Waals surface area contributed by atoms with Crippen molar-refractivity contribution in [2.24, 2.45) is 0 Å². The molecule has 1 heterocycles. The number of ether oxygens (including phenoxy) is 2. The summed E-state index contributed by atoms with van der Waals surface area (Å²) in [7, 11) is 0. The SMILES string of the molecule is O=C(O)c1cccc(NC(=S)NC(=O)c2ccc3c(c2)OCCO3)c1. The average Bonchev–Trinajstić information content (AvgIpc) is 2.61. The van der Waals surface area contributed by atoms with E-state index >= 15 is 0 Å². The van der Waals surface area contributed by atoms with Crippen molar-refractivity contribution in [2.75, 3.05) is 18.5 Å². The van der Waals surface area contributed by atoms with Gasteiger partial charge in [0.05, 0.1) is 5.56 Å².